The lowest BCUT2D eigenvalue weighted by atomic mass is 9.82. The molecule has 6 nitrogen and oxygen atoms in total. The number of ether oxygens (including phenoxy) is 2. The monoisotopic (exact) mass is 444 g/mol. The minimum atomic E-state index is -1.09. The van der Waals surface area contributed by atoms with Gasteiger partial charge in [-0.15, -0.1) is 0 Å². The Morgan fingerprint density at radius 2 is 1.75 bits per heavy atom. The molecule has 0 spiro atoms. The van der Waals surface area contributed by atoms with Gasteiger partial charge < -0.3 is 19.7 Å². The first-order chi connectivity index (χ1) is 15.3. The summed E-state index contributed by atoms with van der Waals surface area (Å²) < 4.78 is 23.7. The van der Waals surface area contributed by atoms with E-state index in [0.717, 1.165) is 18.8 Å². The maximum atomic E-state index is 13.3. The van der Waals surface area contributed by atoms with Gasteiger partial charge in [-0.2, -0.15) is 0 Å². The van der Waals surface area contributed by atoms with Crippen molar-refractivity contribution >= 4 is 11.9 Å². The number of halogens is 1. The quantitative estimate of drug-likeness (QED) is 0.506. The Kier molecular flexibility index (Phi) is 9.65. The molecule has 0 aromatic heterocycles. The van der Waals surface area contributed by atoms with Crippen molar-refractivity contribution in [1.29, 1.82) is 0 Å². The molecule has 7 heteroatoms. The minimum Gasteiger partial charge on any atom is -0.497 e. The molecule has 1 unspecified atom stereocenters. The standard InChI is InChI=1S/C25H33FN2O4/c1-5-32-24(30)25(2,20-10-12-21(26)13-11-20)18-27-23(29)7-6-16-28(3)17-19-8-14-22(31-4)15-9-19/h8-15H,5-7,16-18H2,1-4H3,(H,27,29). The lowest BCUT2D eigenvalue weighted by Gasteiger charge is -2.28. The molecule has 0 heterocycles. The van der Waals surface area contributed by atoms with E-state index >= 15 is 0 Å². The fraction of sp³-hybridized carbons (Fsp3) is 0.440. The summed E-state index contributed by atoms with van der Waals surface area (Å²) in [5.41, 5.74) is 0.670. The summed E-state index contributed by atoms with van der Waals surface area (Å²) in [6, 6.07) is 13.6. The van der Waals surface area contributed by atoms with Gasteiger partial charge >= 0.3 is 5.97 Å². The van der Waals surface area contributed by atoms with Gasteiger partial charge in [0.15, 0.2) is 0 Å². The topological polar surface area (TPSA) is 67.9 Å². The van der Waals surface area contributed by atoms with Crippen LogP contribution in [-0.2, 0) is 26.3 Å². The van der Waals surface area contributed by atoms with Crippen molar-refractivity contribution in [3.63, 3.8) is 0 Å². The summed E-state index contributed by atoms with van der Waals surface area (Å²) in [5, 5.41) is 2.85. The number of carbonyl (C=O) groups is 2. The predicted octanol–water partition coefficient (Wildman–Crippen LogP) is 3.68. The maximum absolute atomic E-state index is 13.3. The lowest BCUT2D eigenvalue weighted by Crippen LogP contribution is -2.45. The van der Waals surface area contributed by atoms with Gasteiger partial charge in [-0.05, 0) is 69.3 Å². The van der Waals surface area contributed by atoms with Crippen molar-refractivity contribution in [2.24, 2.45) is 0 Å². The van der Waals surface area contributed by atoms with Gasteiger partial charge in [-0.25, -0.2) is 4.39 Å². The molecule has 1 amide bonds. The van der Waals surface area contributed by atoms with Gasteiger partial charge in [0.2, 0.25) is 5.91 Å². The molecule has 1 N–H and O–H groups in total. The van der Waals surface area contributed by atoms with Crippen LogP contribution >= 0.6 is 0 Å². The van der Waals surface area contributed by atoms with Gasteiger partial charge in [0.05, 0.1) is 13.7 Å². The van der Waals surface area contributed by atoms with Crippen LogP contribution in [0.3, 0.4) is 0 Å². The summed E-state index contributed by atoms with van der Waals surface area (Å²) in [6.45, 7) is 5.26. The third-order valence-corrected chi connectivity index (χ3v) is 5.40. The predicted molar refractivity (Wildman–Crippen MR) is 122 cm³/mol. The van der Waals surface area contributed by atoms with E-state index in [-0.39, 0.29) is 24.9 Å². The molecule has 0 saturated heterocycles. The van der Waals surface area contributed by atoms with Gasteiger partial charge in [0.1, 0.15) is 17.0 Å². The van der Waals surface area contributed by atoms with Crippen LogP contribution < -0.4 is 10.1 Å². The van der Waals surface area contributed by atoms with Crippen molar-refractivity contribution in [3.05, 3.63) is 65.5 Å². The number of amides is 1. The molecule has 0 fully saturated rings. The molecule has 0 aliphatic heterocycles. The Morgan fingerprint density at radius 1 is 1.09 bits per heavy atom. The second-order valence-corrected chi connectivity index (χ2v) is 8.03. The van der Waals surface area contributed by atoms with E-state index in [0.29, 0.717) is 18.4 Å². The maximum Gasteiger partial charge on any atom is 0.318 e. The molecule has 32 heavy (non-hydrogen) atoms. The van der Waals surface area contributed by atoms with Crippen LogP contribution in [0.5, 0.6) is 5.75 Å². The highest BCUT2D eigenvalue weighted by Gasteiger charge is 2.37. The summed E-state index contributed by atoms with van der Waals surface area (Å²) in [4.78, 5) is 27.2. The fourth-order valence-electron chi connectivity index (χ4n) is 3.40. The third kappa shape index (κ3) is 7.34. The molecule has 0 radical (unpaired) electrons. The van der Waals surface area contributed by atoms with Gasteiger partial charge in [-0.3, -0.25) is 9.59 Å². The van der Waals surface area contributed by atoms with Crippen LogP contribution in [0, 0.1) is 5.82 Å². The first-order valence-electron chi connectivity index (χ1n) is 10.8. The Labute approximate surface area is 189 Å². The first kappa shape index (κ1) is 25.3. The van der Waals surface area contributed by atoms with Crippen molar-refractivity contribution in [3.8, 4) is 5.75 Å². The Morgan fingerprint density at radius 3 is 2.34 bits per heavy atom. The van der Waals surface area contributed by atoms with Crippen molar-refractivity contribution in [2.45, 2.75) is 38.6 Å². The molecular weight excluding hydrogens is 411 g/mol. The van der Waals surface area contributed by atoms with Crippen molar-refractivity contribution < 1.29 is 23.5 Å². The number of benzene rings is 2. The zero-order chi connectivity index (χ0) is 23.6. The second-order valence-electron chi connectivity index (χ2n) is 8.03. The molecule has 2 aromatic rings. The van der Waals surface area contributed by atoms with Gasteiger partial charge in [0, 0.05) is 19.5 Å². The van der Waals surface area contributed by atoms with Crippen LogP contribution in [0.4, 0.5) is 4.39 Å². The van der Waals surface area contributed by atoms with Gasteiger partial charge in [-0.1, -0.05) is 24.3 Å². The zero-order valence-electron chi connectivity index (χ0n) is 19.3. The minimum absolute atomic E-state index is 0.0813. The molecule has 0 aliphatic rings. The number of carbonyl (C=O) groups excluding carboxylic acids is 2. The number of nitrogens with zero attached hydrogens (tertiary/aromatic N) is 1. The van der Waals surface area contributed by atoms with Crippen LogP contribution in [0.15, 0.2) is 48.5 Å². The number of methoxy groups -OCH3 is 1. The molecule has 1 atom stereocenters. The summed E-state index contributed by atoms with van der Waals surface area (Å²) in [6.07, 6.45) is 1.03. The normalized spacial score (nSPS) is 12.8. The van der Waals surface area contributed by atoms with E-state index in [4.69, 9.17) is 9.47 Å². The number of nitrogens with one attached hydrogen (secondary N) is 1. The molecule has 0 aliphatic carbocycles. The highest BCUT2D eigenvalue weighted by Crippen LogP contribution is 2.25. The number of rotatable bonds is 12. The highest BCUT2D eigenvalue weighted by atomic mass is 19.1. The van der Waals surface area contributed by atoms with Gasteiger partial charge in [0.25, 0.3) is 0 Å². The largest absolute Gasteiger partial charge is 0.497 e. The van der Waals surface area contributed by atoms with Crippen LogP contribution in [0.2, 0.25) is 0 Å². The average molecular weight is 445 g/mol. The molecular formula is C25H33FN2O4. The molecule has 2 rings (SSSR count). The van der Waals surface area contributed by atoms with E-state index in [1.165, 1.54) is 17.7 Å². The highest BCUT2D eigenvalue weighted by molar-refractivity contribution is 5.84. The van der Waals surface area contributed by atoms with E-state index < -0.39 is 11.4 Å². The second kappa shape index (κ2) is 12.2. The molecule has 0 saturated carbocycles. The number of hydrogen-bond donors (Lipinski definition) is 1. The van der Waals surface area contributed by atoms with E-state index in [1.807, 2.05) is 31.3 Å². The zero-order valence-corrected chi connectivity index (χ0v) is 19.3. The van der Waals surface area contributed by atoms with E-state index in [9.17, 15) is 14.0 Å². The molecule has 0 bridgehead atoms. The average Bonchev–Trinajstić information content (AvgIpc) is 2.78. The summed E-state index contributed by atoms with van der Waals surface area (Å²) in [7, 11) is 3.65. The smallest absolute Gasteiger partial charge is 0.318 e. The third-order valence-electron chi connectivity index (χ3n) is 5.40. The number of hydrogen-bond acceptors (Lipinski definition) is 5. The van der Waals surface area contributed by atoms with Crippen LogP contribution in [-0.4, -0.2) is 50.6 Å². The lowest BCUT2D eigenvalue weighted by molar-refractivity contribution is -0.149. The fourth-order valence-corrected chi connectivity index (χ4v) is 3.40. The van der Waals surface area contributed by atoms with E-state index in [2.05, 4.69) is 10.2 Å². The molecule has 2 aromatic carbocycles. The Hall–Kier alpha value is -2.93. The number of esters is 1. The summed E-state index contributed by atoms with van der Waals surface area (Å²) >= 11 is 0. The van der Waals surface area contributed by atoms with Crippen LogP contribution in [0.25, 0.3) is 0 Å². The van der Waals surface area contributed by atoms with Crippen molar-refractivity contribution in [1.82, 2.24) is 10.2 Å². The van der Waals surface area contributed by atoms with E-state index in [1.54, 1.807) is 33.1 Å². The Bertz CT molecular complexity index is 871. The SMILES string of the molecule is CCOC(=O)C(C)(CNC(=O)CCCN(C)Cc1ccc(OC)cc1)c1ccc(F)cc1. The Balaban J connectivity index is 1.84. The summed E-state index contributed by atoms with van der Waals surface area (Å²) in [5.74, 6) is -0.155. The first-order valence-corrected chi connectivity index (χ1v) is 10.8. The van der Waals surface area contributed by atoms with Crippen LogP contribution in [0.1, 0.15) is 37.8 Å². The molecule has 174 valence electrons. The van der Waals surface area contributed by atoms with Crippen molar-refractivity contribution in [2.75, 3.05) is 33.9 Å².